The molecule has 2 unspecified atom stereocenters. The van der Waals surface area contributed by atoms with Gasteiger partial charge in [-0.05, 0) is 29.2 Å². The average Bonchev–Trinajstić information content (AvgIpc) is 3.33. The zero-order valence-electron chi connectivity index (χ0n) is 27.0. The Kier molecular flexibility index (Phi) is 11.7. The molecule has 15 heteroatoms. The SMILES string of the molecule is CC(=O)NC1[C@@H](O[C@H](C)[C@H](NC(=O)OCC2c3ccccc3-c3ccccc32)C(=O)O)OC(COC(C)=O)[C@H](OC(C)=O)[C@@H]1OC(C)=O. The Balaban J connectivity index is 1.52. The maximum absolute atomic E-state index is 13.0. The predicted octanol–water partition coefficient (Wildman–Crippen LogP) is 2.04. The fourth-order valence-corrected chi connectivity index (χ4v) is 5.84. The van der Waals surface area contributed by atoms with Gasteiger partial charge in [0.1, 0.15) is 25.4 Å². The standard InChI is InChI=1S/C33H38N2O13/c1-16(27(31(40)41)35-33(42)44-14-25-23-12-8-6-10-21(23)22-11-7-9-13-24(22)25)45-32-28(34-17(2)36)30(47-20(5)39)29(46-19(4)38)26(48-32)15-43-18(3)37/h6-13,16,25-30,32H,14-15H2,1-5H3,(H,34,36)(H,35,42)(H,40,41)/t16-,26?,27+,28?,29+,30-,32+/m1/s1. The summed E-state index contributed by atoms with van der Waals surface area (Å²) in [6, 6.07) is 12.4. The highest BCUT2D eigenvalue weighted by molar-refractivity contribution is 5.81. The largest absolute Gasteiger partial charge is 0.480 e. The van der Waals surface area contributed by atoms with Gasteiger partial charge in [0.2, 0.25) is 5.91 Å². The Morgan fingerprint density at radius 3 is 1.88 bits per heavy atom. The summed E-state index contributed by atoms with van der Waals surface area (Å²) in [5, 5.41) is 14.9. The molecule has 15 nitrogen and oxygen atoms in total. The van der Waals surface area contributed by atoms with Gasteiger partial charge in [-0.3, -0.25) is 19.2 Å². The quantitative estimate of drug-likeness (QED) is 0.219. The second-order valence-electron chi connectivity index (χ2n) is 11.3. The molecule has 0 radical (unpaired) electrons. The summed E-state index contributed by atoms with van der Waals surface area (Å²) in [6.07, 6.45) is -7.98. The van der Waals surface area contributed by atoms with Crippen LogP contribution in [0.5, 0.6) is 0 Å². The summed E-state index contributed by atoms with van der Waals surface area (Å²) in [5.41, 5.74) is 3.97. The van der Waals surface area contributed by atoms with Crippen LogP contribution in [0.25, 0.3) is 11.1 Å². The summed E-state index contributed by atoms with van der Waals surface area (Å²) >= 11 is 0. The highest BCUT2D eigenvalue weighted by atomic mass is 16.7. The molecule has 1 saturated heterocycles. The van der Waals surface area contributed by atoms with Crippen LogP contribution in [0, 0.1) is 0 Å². The number of carboxylic acids is 1. The van der Waals surface area contributed by atoms with Gasteiger partial charge < -0.3 is 44.2 Å². The fourth-order valence-electron chi connectivity index (χ4n) is 5.84. The maximum atomic E-state index is 13.0. The molecule has 4 rings (SSSR count). The third-order valence-electron chi connectivity index (χ3n) is 7.77. The zero-order valence-corrected chi connectivity index (χ0v) is 27.0. The van der Waals surface area contributed by atoms with Crippen molar-refractivity contribution in [1.29, 1.82) is 0 Å². The smallest absolute Gasteiger partial charge is 0.407 e. The van der Waals surface area contributed by atoms with Crippen molar-refractivity contribution in [3.8, 4) is 11.1 Å². The number of alkyl carbamates (subject to hydrolysis) is 1. The summed E-state index contributed by atoms with van der Waals surface area (Å²) in [6.45, 7) is 5.26. The summed E-state index contributed by atoms with van der Waals surface area (Å²) in [4.78, 5) is 73.2. The maximum Gasteiger partial charge on any atom is 0.407 e. The third kappa shape index (κ3) is 8.66. The van der Waals surface area contributed by atoms with Crippen molar-refractivity contribution in [3.05, 3.63) is 59.7 Å². The summed E-state index contributed by atoms with van der Waals surface area (Å²) < 4.78 is 33.2. The van der Waals surface area contributed by atoms with Crippen LogP contribution in [-0.2, 0) is 52.4 Å². The van der Waals surface area contributed by atoms with E-state index in [-0.39, 0.29) is 12.5 Å². The number of rotatable bonds is 12. The number of hydrogen-bond acceptors (Lipinski definition) is 12. The second-order valence-corrected chi connectivity index (χ2v) is 11.3. The molecule has 0 spiro atoms. The fraction of sp³-hybridized carbons (Fsp3) is 0.455. The monoisotopic (exact) mass is 670 g/mol. The van der Waals surface area contributed by atoms with E-state index in [1.165, 1.54) is 6.92 Å². The van der Waals surface area contributed by atoms with E-state index in [1.54, 1.807) is 0 Å². The van der Waals surface area contributed by atoms with E-state index in [0.717, 1.165) is 49.9 Å². The first-order chi connectivity index (χ1) is 22.8. The van der Waals surface area contributed by atoms with Crippen molar-refractivity contribution < 1.29 is 62.3 Å². The molecule has 0 bridgehead atoms. The number of aliphatic carboxylic acids is 1. The number of hydrogen-bond donors (Lipinski definition) is 3. The second kappa shape index (κ2) is 15.7. The number of benzene rings is 2. The minimum Gasteiger partial charge on any atom is -0.480 e. The first kappa shape index (κ1) is 35.8. The van der Waals surface area contributed by atoms with Gasteiger partial charge >= 0.3 is 30.0 Å². The first-order valence-corrected chi connectivity index (χ1v) is 15.2. The lowest BCUT2D eigenvalue weighted by molar-refractivity contribution is -0.287. The number of carboxylic acid groups (broad SMARTS) is 1. The molecule has 48 heavy (non-hydrogen) atoms. The van der Waals surface area contributed by atoms with Crippen LogP contribution in [0.4, 0.5) is 4.79 Å². The molecule has 7 atom stereocenters. The van der Waals surface area contributed by atoms with Gasteiger partial charge in [-0.2, -0.15) is 0 Å². The molecular formula is C33H38N2O13. The summed E-state index contributed by atoms with van der Waals surface area (Å²) in [5.74, 6) is -4.67. The minimum atomic E-state index is -1.69. The number of fused-ring (bicyclic) bond motifs is 3. The Bertz CT molecular complexity index is 1500. The number of carbonyl (C=O) groups excluding carboxylic acids is 5. The van der Waals surface area contributed by atoms with Crippen molar-refractivity contribution in [3.63, 3.8) is 0 Å². The lowest BCUT2D eigenvalue weighted by Crippen LogP contribution is -2.67. The topological polar surface area (TPSA) is 202 Å². The van der Waals surface area contributed by atoms with Crippen LogP contribution >= 0.6 is 0 Å². The van der Waals surface area contributed by atoms with Gasteiger partial charge in [-0.15, -0.1) is 0 Å². The zero-order chi connectivity index (χ0) is 35.1. The molecule has 1 aliphatic heterocycles. The molecule has 2 aliphatic rings. The number of nitrogens with one attached hydrogen (secondary N) is 2. The molecule has 0 saturated carbocycles. The van der Waals surface area contributed by atoms with E-state index < -0.39 is 85.3 Å². The average molecular weight is 671 g/mol. The molecular weight excluding hydrogens is 632 g/mol. The van der Waals surface area contributed by atoms with Gasteiger partial charge in [-0.1, -0.05) is 48.5 Å². The Morgan fingerprint density at radius 1 is 0.792 bits per heavy atom. The van der Waals surface area contributed by atoms with Crippen LogP contribution in [0.1, 0.15) is 51.7 Å². The number of esters is 3. The van der Waals surface area contributed by atoms with Crippen LogP contribution in [0.2, 0.25) is 0 Å². The molecule has 1 heterocycles. The van der Waals surface area contributed by atoms with E-state index in [0.29, 0.717) is 0 Å². The molecule has 3 N–H and O–H groups in total. The molecule has 2 aromatic rings. The van der Waals surface area contributed by atoms with Gasteiger partial charge in [0.05, 0.1) is 6.10 Å². The Labute approximate surface area is 276 Å². The van der Waals surface area contributed by atoms with E-state index >= 15 is 0 Å². The molecule has 0 aromatic heterocycles. The Hall–Kier alpha value is -5.02. The van der Waals surface area contributed by atoms with Crippen LogP contribution in [0.3, 0.4) is 0 Å². The number of amides is 2. The highest BCUT2D eigenvalue weighted by Gasteiger charge is 2.52. The first-order valence-electron chi connectivity index (χ1n) is 15.2. The normalized spacial score (nSPS) is 22.6. The Morgan fingerprint density at radius 2 is 1.35 bits per heavy atom. The lowest BCUT2D eigenvalue weighted by Gasteiger charge is -2.45. The highest BCUT2D eigenvalue weighted by Crippen LogP contribution is 2.44. The van der Waals surface area contributed by atoms with Crippen LogP contribution in [-0.4, -0.2) is 97.0 Å². The molecule has 2 aromatic carbocycles. The predicted molar refractivity (Wildman–Crippen MR) is 164 cm³/mol. The van der Waals surface area contributed by atoms with Gasteiger partial charge in [0.25, 0.3) is 0 Å². The minimum absolute atomic E-state index is 0.0722. The van der Waals surface area contributed by atoms with Crippen LogP contribution < -0.4 is 10.6 Å². The van der Waals surface area contributed by atoms with Crippen molar-refractivity contribution in [2.45, 2.75) is 83.3 Å². The van der Waals surface area contributed by atoms with Crippen molar-refractivity contribution in [2.24, 2.45) is 0 Å². The molecule has 2 amide bonds. The summed E-state index contributed by atoms with van der Waals surface area (Å²) in [7, 11) is 0. The number of ether oxygens (including phenoxy) is 6. The van der Waals surface area contributed by atoms with E-state index in [4.69, 9.17) is 28.4 Å². The van der Waals surface area contributed by atoms with E-state index in [2.05, 4.69) is 10.6 Å². The van der Waals surface area contributed by atoms with E-state index in [9.17, 15) is 33.9 Å². The van der Waals surface area contributed by atoms with E-state index in [1.807, 2.05) is 48.5 Å². The van der Waals surface area contributed by atoms with Crippen molar-refractivity contribution in [1.82, 2.24) is 10.6 Å². The van der Waals surface area contributed by atoms with Crippen molar-refractivity contribution >= 4 is 35.9 Å². The van der Waals surface area contributed by atoms with Gasteiger partial charge in [0, 0.05) is 33.6 Å². The third-order valence-corrected chi connectivity index (χ3v) is 7.77. The molecule has 1 aliphatic carbocycles. The van der Waals surface area contributed by atoms with Gasteiger partial charge in [0.15, 0.2) is 24.5 Å². The number of carbonyl (C=O) groups is 6. The van der Waals surface area contributed by atoms with Crippen molar-refractivity contribution in [2.75, 3.05) is 13.2 Å². The van der Waals surface area contributed by atoms with Gasteiger partial charge in [-0.25, -0.2) is 9.59 Å². The molecule has 1 fully saturated rings. The van der Waals surface area contributed by atoms with Crippen LogP contribution in [0.15, 0.2) is 48.5 Å². The molecule has 258 valence electrons. The lowest BCUT2D eigenvalue weighted by atomic mass is 9.95.